The van der Waals surface area contributed by atoms with Crippen molar-refractivity contribution in [2.45, 2.75) is 65.5 Å². The van der Waals surface area contributed by atoms with Gasteiger partial charge in [0.2, 0.25) is 0 Å². The summed E-state index contributed by atoms with van der Waals surface area (Å²) >= 11 is 0. The van der Waals surface area contributed by atoms with Crippen molar-refractivity contribution in [2.24, 2.45) is 0 Å². The van der Waals surface area contributed by atoms with Crippen LogP contribution in [-0.4, -0.2) is 36.6 Å². The van der Waals surface area contributed by atoms with Gasteiger partial charge in [0.1, 0.15) is 0 Å². The molecule has 0 amide bonds. The van der Waals surface area contributed by atoms with E-state index in [1.54, 1.807) is 0 Å². The number of rotatable bonds is 7. The standard InChI is InChI=1S/C13H30N2/c1-7-9-12(2)15(6)11-8-10-14-13(3,4)5/h12,14H,7-11H2,1-6H3. The molecule has 0 saturated heterocycles. The lowest BCUT2D eigenvalue weighted by Gasteiger charge is -2.26. The molecule has 1 unspecified atom stereocenters. The van der Waals surface area contributed by atoms with Crippen LogP contribution in [0.2, 0.25) is 0 Å². The smallest absolute Gasteiger partial charge is 0.00965 e. The largest absolute Gasteiger partial charge is 0.312 e. The molecule has 0 aromatic rings. The molecule has 0 aliphatic heterocycles. The van der Waals surface area contributed by atoms with E-state index in [-0.39, 0.29) is 5.54 Å². The van der Waals surface area contributed by atoms with Crippen molar-refractivity contribution in [2.75, 3.05) is 20.1 Å². The third-order valence-corrected chi connectivity index (χ3v) is 2.80. The summed E-state index contributed by atoms with van der Waals surface area (Å²) in [5.74, 6) is 0. The van der Waals surface area contributed by atoms with Crippen LogP contribution in [0.15, 0.2) is 0 Å². The molecule has 0 rings (SSSR count). The molecule has 0 aromatic heterocycles. The first kappa shape index (κ1) is 14.9. The highest BCUT2D eigenvalue weighted by Crippen LogP contribution is 2.04. The van der Waals surface area contributed by atoms with Gasteiger partial charge in [-0.2, -0.15) is 0 Å². The Kier molecular flexibility index (Phi) is 7.20. The summed E-state index contributed by atoms with van der Waals surface area (Å²) < 4.78 is 0. The van der Waals surface area contributed by atoms with E-state index in [4.69, 9.17) is 0 Å². The Bertz CT molecular complexity index is 149. The second-order valence-electron chi connectivity index (χ2n) is 5.65. The number of hydrogen-bond acceptors (Lipinski definition) is 2. The van der Waals surface area contributed by atoms with Gasteiger partial charge in [0, 0.05) is 11.6 Å². The molecule has 0 aliphatic carbocycles. The van der Waals surface area contributed by atoms with Gasteiger partial charge in [-0.05, 0) is 60.7 Å². The highest BCUT2D eigenvalue weighted by molar-refractivity contribution is 4.70. The minimum atomic E-state index is 0.258. The average molecular weight is 214 g/mol. The first-order chi connectivity index (χ1) is 6.87. The van der Waals surface area contributed by atoms with Gasteiger partial charge >= 0.3 is 0 Å². The van der Waals surface area contributed by atoms with Crippen molar-refractivity contribution in [3.05, 3.63) is 0 Å². The molecule has 1 N–H and O–H groups in total. The molecule has 0 fully saturated rings. The van der Waals surface area contributed by atoms with Crippen LogP contribution in [0.3, 0.4) is 0 Å². The third-order valence-electron chi connectivity index (χ3n) is 2.80. The molecule has 0 radical (unpaired) electrons. The number of nitrogens with one attached hydrogen (secondary N) is 1. The van der Waals surface area contributed by atoms with Crippen LogP contribution in [0.4, 0.5) is 0 Å². The van der Waals surface area contributed by atoms with E-state index in [1.165, 1.54) is 25.8 Å². The fourth-order valence-corrected chi connectivity index (χ4v) is 1.65. The molecular weight excluding hydrogens is 184 g/mol. The summed E-state index contributed by atoms with van der Waals surface area (Å²) in [5, 5.41) is 3.52. The SMILES string of the molecule is CCCC(C)N(C)CCCNC(C)(C)C. The zero-order chi connectivity index (χ0) is 11.9. The molecule has 2 nitrogen and oxygen atoms in total. The fourth-order valence-electron chi connectivity index (χ4n) is 1.65. The van der Waals surface area contributed by atoms with Gasteiger partial charge < -0.3 is 10.2 Å². The predicted molar refractivity (Wildman–Crippen MR) is 69.4 cm³/mol. The lowest BCUT2D eigenvalue weighted by molar-refractivity contribution is 0.238. The Labute approximate surface area is 96.4 Å². The van der Waals surface area contributed by atoms with E-state index in [2.05, 4.69) is 51.9 Å². The summed E-state index contributed by atoms with van der Waals surface area (Å²) in [5.41, 5.74) is 0.258. The molecule has 15 heavy (non-hydrogen) atoms. The van der Waals surface area contributed by atoms with Crippen LogP contribution in [0, 0.1) is 0 Å². The molecular formula is C13H30N2. The highest BCUT2D eigenvalue weighted by Gasteiger charge is 2.09. The highest BCUT2D eigenvalue weighted by atomic mass is 15.1. The molecule has 1 atom stereocenters. The quantitative estimate of drug-likeness (QED) is 0.656. The summed E-state index contributed by atoms with van der Waals surface area (Å²) in [4.78, 5) is 2.47. The van der Waals surface area contributed by atoms with Gasteiger partial charge in [-0.25, -0.2) is 0 Å². The Hall–Kier alpha value is -0.0800. The van der Waals surface area contributed by atoms with Crippen molar-refractivity contribution in [3.63, 3.8) is 0 Å². The first-order valence-corrected chi connectivity index (χ1v) is 6.32. The molecule has 0 bridgehead atoms. The van der Waals surface area contributed by atoms with Gasteiger partial charge in [0.15, 0.2) is 0 Å². The third kappa shape index (κ3) is 8.88. The Morgan fingerprint density at radius 3 is 2.33 bits per heavy atom. The van der Waals surface area contributed by atoms with E-state index in [0.29, 0.717) is 0 Å². The average Bonchev–Trinajstić information content (AvgIpc) is 2.11. The molecule has 0 spiro atoms. The van der Waals surface area contributed by atoms with Crippen molar-refractivity contribution < 1.29 is 0 Å². The summed E-state index contributed by atoms with van der Waals surface area (Å²) in [7, 11) is 2.23. The predicted octanol–water partition coefficient (Wildman–Crippen LogP) is 2.89. The van der Waals surface area contributed by atoms with Crippen molar-refractivity contribution in [3.8, 4) is 0 Å². The Morgan fingerprint density at radius 2 is 1.87 bits per heavy atom. The van der Waals surface area contributed by atoms with Crippen molar-refractivity contribution in [1.29, 1.82) is 0 Å². The monoisotopic (exact) mass is 214 g/mol. The fraction of sp³-hybridized carbons (Fsp3) is 1.00. The number of nitrogens with zero attached hydrogens (tertiary/aromatic N) is 1. The van der Waals surface area contributed by atoms with Gasteiger partial charge in [0.05, 0.1) is 0 Å². The Balaban J connectivity index is 3.50. The van der Waals surface area contributed by atoms with Crippen LogP contribution < -0.4 is 5.32 Å². The maximum atomic E-state index is 3.52. The van der Waals surface area contributed by atoms with Crippen LogP contribution in [0.25, 0.3) is 0 Å². The first-order valence-electron chi connectivity index (χ1n) is 6.32. The van der Waals surface area contributed by atoms with Crippen molar-refractivity contribution in [1.82, 2.24) is 10.2 Å². The maximum Gasteiger partial charge on any atom is 0.00965 e. The molecule has 0 aromatic carbocycles. The lowest BCUT2D eigenvalue weighted by Crippen LogP contribution is -2.38. The van der Waals surface area contributed by atoms with E-state index >= 15 is 0 Å². The van der Waals surface area contributed by atoms with Gasteiger partial charge in [-0.3, -0.25) is 0 Å². The summed E-state index contributed by atoms with van der Waals surface area (Å²) in [6.45, 7) is 13.5. The maximum absolute atomic E-state index is 3.52. The zero-order valence-electron chi connectivity index (χ0n) is 11.6. The van der Waals surface area contributed by atoms with Crippen LogP contribution in [0.1, 0.15) is 53.9 Å². The second-order valence-corrected chi connectivity index (χ2v) is 5.65. The normalized spacial score (nSPS) is 14.6. The summed E-state index contributed by atoms with van der Waals surface area (Å²) in [6, 6.07) is 0.727. The minimum Gasteiger partial charge on any atom is -0.312 e. The van der Waals surface area contributed by atoms with E-state index in [1.807, 2.05) is 0 Å². The Morgan fingerprint density at radius 1 is 1.27 bits per heavy atom. The van der Waals surface area contributed by atoms with Crippen LogP contribution in [-0.2, 0) is 0 Å². The van der Waals surface area contributed by atoms with Crippen molar-refractivity contribution >= 4 is 0 Å². The topological polar surface area (TPSA) is 15.3 Å². The van der Waals surface area contributed by atoms with E-state index in [0.717, 1.165) is 12.6 Å². The van der Waals surface area contributed by atoms with Crippen LogP contribution in [0.5, 0.6) is 0 Å². The van der Waals surface area contributed by atoms with Gasteiger partial charge in [-0.15, -0.1) is 0 Å². The molecule has 92 valence electrons. The minimum absolute atomic E-state index is 0.258. The molecule has 0 aliphatic rings. The molecule has 0 heterocycles. The lowest BCUT2D eigenvalue weighted by atomic mass is 10.1. The van der Waals surface area contributed by atoms with Gasteiger partial charge in [-0.1, -0.05) is 13.3 Å². The number of hydrogen-bond donors (Lipinski definition) is 1. The van der Waals surface area contributed by atoms with Crippen LogP contribution >= 0.6 is 0 Å². The van der Waals surface area contributed by atoms with E-state index < -0.39 is 0 Å². The second kappa shape index (κ2) is 7.24. The zero-order valence-corrected chi connectivity index (χ0v) is 11.6. The van der Waals surface area contributed by atoms with Gasteiger partial charge in [0.25, 0.3) is 0 Å². The van der Waals surface area contributed by atoms with E-state index in [9.17, 15) is 0 Å². The molecule has 0 saturated carbocycles. The summed E-state index contributed by atoms with van der Waals surface area (Å²) in [6.07, 6.45) is 3.83. The molecule has 2 heteroatoms.